The molecular weight excluding hydrogens is 254 g/mol. The summed E-state index contributed by atoms with van der Waals surface area (Å²) in [6, 6.07) is 4.00. The second-order valence-electron chi connectivity index (χ2n) is 5.60. The number of fused-ring (bicyclic) bond motifs is 1. The standard InChI is InChI=1S/C14H17FN2O2.Li/c1-16-5-10-7-17(8-11(10)6-16)13-3-2-9(14(18)19)4-12(13)15;/h2-4,10-11H,5-8H2,1H3,(H,18,19);/q;+1/p-1. The molecule has 3 rings (SSSR count). The van der Waals surface area contributed by atoms with Crippen LogP contribution in [0.1, 0.15) is 10.4 Å². The summed E-state index contributed by atoms with van der Waals surface area (Å²) in [5, 5.41) is 10.7. The largest absolute Gasteiger partial charge is 1.00 e. The summed E-state index contributed by atoms with van der Waals surface area (Å²) in [6.45, 7) is 3.80. The Morgan fingerprint density at radius 2 is 1.85 bits per heavy atom. The molecule has 2 aliphatic rings. The average molecular weight is 270 g/mol. The first-order chi connectivity index (χ1) is 9.04. The van der Waals surface area contributed by atoms with Crippen molar-refractivity contribution in [3.63, 3.8) is 0 Å². The van der Waals surface area contributed by atoms with E-state index in [4.69, 9.17) is 0 Å². The van der Waals surface area contributed by atoms with Gasteiger partial charge in [0.05, 0.1) is 11.7 Å². The number of likely N-dealkylation sites (tertiary alicyclic amines) is 1. The summed E-state index contributed by atoms with van der Waals surface area (Å²) in [4.78, 5) is 15.0. The van der Waals surface area contributed by atoms with Crippen LogP contribution >= 0.6 is 0 Å². The number of carbonyl (C=O) groups is 1. The zero-order valence-electron chi connectivity index (χ0n) is 11.8. The molecule has 0 radical (unpaired) electrons. The van der Waals surface area contributed by atoms with Gasteiger partial charge in [0.25, 0.3) is 0 Å². The Hall–Kier alpha value is -1.02. The minimum atomic E-state index is -1.34. The number of carbonyl (C=O) groups excluding carboxylic acids is 1. The maximum atomic E-state index is 14.0. The van der Waals surface area contributed by atoms with Gasteiger partial charge in [-0.3, -0.25) is 0 Å². The molecule has 0 spiro atoms. The maximum absolute atomic E-state index is 14.0. The van der Waals surface area contributed by atoms with E-state index < -0.39 is 11.8 Å². The molecule has 2 fully saturated rings. The number of hydrogen-bond donors (Lipinski definition) is 0. The molecule has 1 aromatic rings. The number of anilines is 1. The number of benzene rings is 1. The molecule has 0 bridgehead atoms. The van der Waals surface area contributed by atoms with E-state index in [9.17, 15) is 14.3 Å². The van der Waals surface area contributed by atoms with Crippen molar-refractivity contribution >= 4 is 11.7 Å². The normalized spacial score (nSPS) is 25.4. The van der Waals surface area contributed by atoms with Gasteiger partial charge in [0, 0.05) is 31.7 Å². The molecule has 0 saturated carbocycles. The minimum Gasteiger partial charge on any atom is -0.545 e. The summed E-state index contributed by atoms with van der Waals surface area (Å²) in [5.74, 6) is -0.643. The fourth-order valence-electron chi connectivity index (χ4n) is 3.31. The predicted octanol–water partition coefficient (Wildman–Crippen LogP) is -2.81. The smallest absolute Gasteiger partial charge is 0.545 e. The Kier molecular flexibility index (Phi) is 4.43. The van der Waals surface area contributed by atoms with E-state index in [1.54, 1.807) is 6.07 Å². The van der Waals surface area contributed by atoms with Crippen molar-refractivity contribution in [3.8, 4) is 0 Å². The van der Waals surface area contributed by atoms with Gasteiger partial charge in [-0.05, 0) is 31.0 Å². The predicted molar refractivity (Wildman–Crippen MR) is 67.4 cm³/mol. The van der Waals surface area contributed by atoms with Crippen molar-refractivity contribution in [3.05, 3.63) is 29.6 Å². The number of carboxylic acid groups (broad SMARTS) is 1. The van der Waals surface area contributed by atoms with E-state index in [2.05, 4.69) is 11.9 Å². The number of rotatable bonds is 2. The molecule has 0 aliphatic carbocycles. The number of nitrogens with zero attached hydrogens (tertiary/aromatic N) is 2. The molecule has 2 aliphatic heterocycles. The number of halogens is 1. The van der Waals surface area contributed by atoms with E-state index in [0.717, 1.165) is 32.2 Å². The average Bonchev–Trinajstić information content (AvgIpc) is 2.85. The van der Waals surface area contributed by atoms with E-state index in [0.29, 0.717) is 17.5 Å². The van der Waals surface area contributed by atoms with Crippen LogP contribution in [-0.2, 0) is 0 Å². The molecule has 0 amide bonds. The summed E-state index contributed by atoms with van der Waals surface area (Å²) < 4.78 is 14.0. The molecule has 6 heteroatoms. The topological polar surface area (TPSA) is 46.6 Å². The molecule has 102 valence electrons. The second kappa shape index (κ2) is 5.77. The monoisotopic (exact) mass is 270 g/mol. The molecule has 2 heterocycles. The summed E-state index contributed by atoms with van der Waals surface area (Å²) in [5.41, 5.74) is 0.391. The SMILES string of the molecule is CN1CC2CN(c3ccc(C(=O)[O-])cc3F)CC2C1.[Li+]. The van der Waals surface area contributed by atoms with Crippen molar-refractivity contribution in [2.75, 3.05) is 38.1 Å². The van der Waals surface area contributed by atoms with Crippen LogP contribution < -0.4 is 28.9 Å². The van der Waals surface area contributed by atoms with Crippen molar-refractivity contribution in [2.45, 2.75) is 0 Å². The zero-order chi connectivity index (χ0) is 13.6. The van der Waals surface area contributed by atoms with E-state index in [-0.39, 0.29) is 24.4 Å². The molecule has 2 saturated heterocycles. The van der Waals surface area contributed by atoms with Gasteiger partial charge in [0.1, 0.15) is 5.82 Å². The van der Waals surface area contributed by atoms with Crippen LogP contribution in [0.25, 0.3) is 0 Å². The van der Waals surface area contributed by atoms with Crippen LogP contribution in [-0.4, -0.2) is 44.1 Å². The summed E-state index contributed by atoms with van der Waals surface area (Å²) in [7, 11) is 2.11. The molecule has 4 nitrogen and oxygen atoms in total. The van der Waals surface area contributed by atoms with Crippen molar-refractivity contribution in [1.82, 2.24) is 4.90 Å². The Balaban J connectivity index is 0.00000147. The van der Waals surface area contributed by atoms with Gasteiger partial charge in [-0.15, -0.1) is 0 Å². The van der Waals surface area contributed by atoms with Crippen LogP contribution in [0.4, 0.5) is 10.1 Å². The first kappa shape index (κ1) is 15.4. The van der Waals surface area contributed by atoms with Crippen LogP contribution in [0.3, 0.4) is 0 Å². The third-order valence-corrected chi connectivity index (χ3v) is 4.19. The molecular formula is C14H16FLiN2O2. The zero-order valence-corrected chi connectivity index (χ0v) is 11.8. The van der Waals surface area contributed by atoms with Gasteiger partial charge < -0.3 is 19.7 Å². The van der Waals surface area contributed by atoms with Crippen molar-refractivity contribution in [2.24, 2.45) is 11.8 Å². The van der Waals surface area contributed by atoms with Gasteiger partial charge in [-0.1, -0.05) is 6.07 Å². The molecule has 0 aromatic heterocycles. The Morgan fingerprint density at radius 3 is 2.35 bits per heavy atom. The van der Waals surface area contributed by atoms with Gasteiger partial charge >= 0.3 is 18.9 Å². The molecule has 2 atom stereocenters. The Labute approximate surface area is 129 Å². The second-order valence-corrected chi connectivity index (χ2v) is 5.60. The van der Waals surface area contributed by atoms with Crippen molar-refractivity contribution in [1.29, 1.82) is 0 Å². The van der Waals surface area contributed by atoms with Gasteiger partial charge in [-0.2, -0.15) is 0 Å². The van der Waals surface area contributed by atoms with Crippen LogP contribution in [0, 0.1) is 17.7 Å². The van der Waals surface area contributed by atoms with Crippen LogP contribution in [0.5, 0.6) is 0 Å². The fraction of sp³-hybridized carbons (Fsp3) is 0.500. The quantitative estimate of drug-likeness (QED) is 0.544. The first-order valence-electron chi connectivity index (χ1n) is 6.49. The maximum Gasteiger partial charge on any atom is 1.00 e. The number of hydrogen-bond acceptors (Lipinski definition) is 4. The number of carboxylic acids is 1. The molecule has 0 N–H and O–H groups in total. The molecule has 2 unspecified atom stereocenters. The summed E-state index contributed by atoms with van der Waals surface area (Å²) in [6.07, 6.45) is 0. The Morgan fingerprint density at radius 1 is 1.25 bits per heavy atom. The van der Waals surface area contributed by atoms with Crippen LogP contribution in [0.15, 0.2) is 18.2 Å². The van der Waals surface area contributed by atoms with Crippen LogP contribution in [0.2, 0.25) is 0 Å². The Bertz CT molecular complexity index is 512. The minimum absolute atomic E-state index is 0. The van der Waals surface area contributed by atoms with Crippen molar-refractivity contribution < 1.29 is 33.2 Å². The van der Waals surface area contributed by atoms with E-state index in [1.165, 1.54) is 6.07 Å². The molecule has 20 heavy (non-hydrogen) atoms. The first-order valence-corrected chi connectivity index (χ1v) is 6.49. The third-order valence-electron chi connectivity index (χ3n) is 4.19. The van der Waals surface area contributed by atoms with E-state index in [1.807, 2.05) is 4.90 Å². The number of aromatic carboxylic acids is 1. The van der Waals surface area contributed by atoms with Gasteiger partial charge in [-0.25, -0.2) is 4.39 Å². The van der Waals surface area contributed by atoms with E-state index >= 15 is 0 Å². The fourth-order valence-corrected chi connectivity index (χ4v) is 3.31. The summed E-state index contributed by atoms with van der Waals surface area (Å²) >= 11 is 0. The van der Waals surface area contributed by atoms with Gasteiger partial charge in [0.15, 0.2) is 0 Å². The molecule has 1 aromatic carbocycles. The van der Waals surface area contributed by atoms with Gasteiger partial charge in [0.2, 0.25) is 0 Å². The third kappa shape index (κ3) is 2.71.